The number of nitrogens with zero attached hydrogens (tertiary/aromatic N) is 2. The summed E-state index contributed by atoms with van der Waals surface area (Å²) in [6.45, 7) is 4.30. The molecule has 21 heavy (non-hydrogen) atoms. The smallest absolute Gasteiger partial charge is 0.335 e. The lowest BCUT2D eigenvalue weighted by molar-refractivity contribution is 0.0696. The van der Waals surface area contributed by atoms with Crippen molar-refractivity contribution >= 4 is 15.8 Å². The minimum absolute atomic E-state index is 0.0587. The molecular weight excluding hydrogens is 292 g/mol. The van der Waals surface area contributed by atoms with Gasteiger partial charge in [-0.05, 0) is 44.2 Å². The van der Waals surface area contributed by atoms with Crippen molar-refractivity contribution in [2.24, 2.45) is 0 Å². The molecule has 0 aliphatic carbocycles. The number of sulfone groups is 1. The van der Waals surface area contributed by atoms with Gasteiger partial charge in [-0.2, -0.15) is 5.10 Å². The number of carboxylic acids is 1. The van der Waals surface area contributed by atoms with E-state index in [1.807, 2.05) is 13.8 Å². The molecule has 0 atom stereocenters. The van der Waals surface area contributed by atoms with Gasteiger partial charge in [-0.1, -0.05) is 0 Å². The molecule has 7 heteroatoms. The molecule has 0 bridgehead atoms. The van der Waals surface area contributed by atoms with Gasteiger partial charge in [0, 0.05) is 6.54 Å². The van der Waals surface area contributed by atoms with Crippen LogP contribution in [-0.4, -0.2) is 29.3 Å². The third-order valence-corrected chi connectivity index (χ3v) is 4.75. The second-order valence-electron chi connectivity index (χ2n) is 4.68. The zero-order valence-corrected chi connectivity index (χ0v) is 12.6. The molecule has 0 spiro atoms. The van der Waals surface area contributed by atoms with E-state index < -0.39 is 15.8 Å². The molecule has 0 radical (unpaired) electrons. The van der Waals surface area contributed by atoms with Crippen molar-refractivity contribution in [1.29, 1.82) is 0 Å². The maximum atomic E-state index is 12.4. The summed E-state index contributed by atoms with van der Waals surface area (Å²) in [4.78, 5) is 10.9. The van der Waals surface area contributed by atoms with Crippen molar-refractivity contribution in [3.8, 4) is 0 Å². The summed E-state index contributed by atoms with van der Waals surface area (Å²) in [5.41, 5.74) is 1.45. The van der Waals surface area contributed by atoms with E-state index >= 15 is 0 Å². The predicted molar refractivity (Wildman–Crippen MR) is 76.9 cm³/mol. The molecule has 6 nitrogen and oxygen atoms in total. The zero-order chi connectivity index (χ0) is 15.6. The number of rotatable bonds is 5. The number of aromatic nitrogens is 2. The third kappa shape index (κ3) is 3.30. The van der Waals surface area contributed by atoms with Crippen LogP contribution < -0.4 is 0 Å². The number of benzene rings is 1. The monoisotopic (exact) mass is 308 g/mol. The normalized spacial score (nSPS) is 11.5. The summed E-state index contributed by atoms with van der Waals surface area (Å²) in [6, 6.07) is 6.96. The molecule has 0 amide bonds. The van der Waals surface area contributed by atoms with Crippen LogP contribution in [0.25, 0.3) is 0 Å². The molecule has 0 aliphatic heterocycles. The first kappa shape index (κ1) is 15.2. The Balaban J connectivity index is 2.31. The van der Waals surface area contributed by atoms with E-state index in [0.717, 1.165) is 5.69 Å². The molecule has 1 N–H and O–H groups in total. The van der Waals surface area contributed by atoms with Crippen molar-refractivity contribution in [3.63, 3.8) is 0 Å². The second-order valence-corrected chi connectivity index (χ2v) is 6.67. The Bertz CT molecular complexity index is 761. The molecule has 112 valence electrons. The van der Waals surface area contributed by atoms with Crippen molar-refractivity contribution in [2.75, 3.05) is 0 Å². The van der Waals surface area contributed by atoms with Gasteiger partial charge in [0.2, 0.25) is 0 Å². The molecule has 2 aromatic rings. The number of carbonyl (C=O) groups is 1. The van der Waals surface area contributed by atoms with E-state index in [-0.39, 0.29) is 16.2 Å². The quantitative estimate of drug-likeness (QED) is 0.911. The van der Waals surface area contributed by atoms with Crippen molar-refractivity contribution in [2.45, 2.75) is 31.0 Å². The topological polar surface area (TPSA) is 89.3 Å². The molecule has 0 saturated carbocycles. The number of aromatic carboxylic acids is 1. The van der Waals surface area contributed by atoms with Crippen LogP contribution in [0.4, 0.5) is 0 Å². The number of carboxylic acid groups (broad SMARTS) is 1. The second kappa shape index (κ2) is 5.69. The number of hydrogen-bond donors (Lipinski definition) is 1. The van der Waals surface area contributed by atoms with Gasteiger partial charge in [0.05, 0.1) is 27.6 Å². The Kier molecular flexibility index (Phi) is 4.13. The highest BCUT2D eigenvalue weighted by molar-refractivity contribution is 7.90. The van der Waals surface area contributed by atoms with E-state index in [1.165, 1.54) is 24.3 Å². The van der Waals surface area contributed by atoms with Gasteiger partial charge in [0.25, 0.3) is 0 Å². The van der Waals surface area contributed by atoms with Crippen LogP contribution in [0.1, 0.15) is 28.7 Å². The SMILES string of the molecule is CCn1nc(C)cc1CS(=O)(=O)c1ccc(C(=O)O)cc1. The standard InChI is InChI=1S/C14H16N2O4S/c1-3-16-12(8-10(2)15-16)9-21(19,20)13-6-4-11(5-7-13)14(17)18/h4-8H,3,9H2,1-2H3,(H,17,18). The van der Waals surface area contributed by atoms with Gasteiger partial charge in [-0.3, -0.25) is 4.68 Å². The molecule has 1 aromatic carbocycles. The van der Waals surface area contributed by atoms with Gasteiger partial charge in [-0.15, -0.1) is 0 Å². The number of aryl methyl sites for hydroxylation is 2. The molecule has 0 saturated heterocycles. The van der Waals surface area contributed by atoms with E-state index in [2.05, 4.69) is 5.10 Å². The highest BCUT2D eigenvalue weighted by atomic mass is 32.2. The van der Waals surface area contributed by atoms with Crippen LogP contribution in [0.2, 0.25) is 0 Å². The molecule has 0 aliphatic rings. The van der Waals surface area contributed by atoms with E-state index in [4.69, 9.17) is 5.11 Å². The minimum atomic E-state index is -3.53. The molecule has 1 aromatic heterocycles. The zero-order valence-electron chi connectivity index (χ0n) is 11.8. The van der Waals surface area contributed by atoms with Gasteiger partial charge >= 0.3 is 5.97 Å². The van der Waals surface area contributed by atoms with Crippen molar-refractivity contribution in [3.05, 3.63) is 47.3 Å². The lowest BCUT2D eigenvalue weighted by Crippen LogP contribution is -2.10. The average Bonchev–Trinajstić information content (AvgIpc) is 2.78. The van der Waals surface area contributed by atoms with Crippen LogP contribution in [0.5, 0.6) is 0 Å². The van der Waals surface area contributed by atoms with Crippen LogP contribution in [-0.2, 0) is 22.1 Å². The van der Waals surface area contributed by atoms with Crippen molar-refractivity contribution in [1.82, 2.24) is 9.78 Å². The summed E-state index contributed by atoms with van der Waals surface area (Å²) in [5.74, 6) is -1.24. The molecule has 0 fully saturated rings. The largest absolute Gasteiger partial charge is 0.478 e. The Morgan fingerprint density at radius 3 is 2.43 bits per heavy atom. The Hall–Kier alpha value is -2.15. The average molecular weight is 308 g/mol. The fraction of sp³-hybridized carbons (Fsp3) is 0.286. The maximum absolute atomic E-state index is 12.4. The van der Waals surface area contributed by atoms with Gasteiger partial charge in [0.1, 0.15) is 0 Å². The minimum Gasteiger partial charge on any atom is -0.478 e. The first-order valence-corrected chi connectivity index (χ1v) is 8.08. The predicted octanol–water partition coefficient (Wildman–Crippen LogP) is 1.88. The molecular formula is C14H16N2O4S. The maximum Gasteiger partial charge on any atom is 0.335 e. The van der Waals surface area contributed by atoms with Crippen LogP contribution >= 0.6 is 0 Å². The first-order valence-electron chi connectivity index (χ1n) is 6.43. The lowest BCUT2D eigenvalue weighted by Gasteiger charge is -2.07. The summed E-state index contributed by atoms with van der Waals surface area (Å²) in [5, 5.41) is 13.0. The fourth-order valence-corrected chi connectivity index (χ4v) is 3.41. The Labute approximate surface area is 123 Å². The summed E-state index contributed by atoms with van der Waals surface area (Å²) in [6.07, 6.45) is 0. The molecule has 0 unspecified atom stereocenters. The fourth-order valence-electron chi connectivity index (χ4n) is 2.07. The van der Waals surface area contributed by atoms with Crippen LogP contribution in [0, 0.1) is 6.92 Å². The highest BCUT2D eigenvalue weighted by Gasteiger charge is 2.19. The third-order valence-electron chi connectivity index (χ3n) is 3.08. The van der Waals surface area contributed by atoms with E-state index in [1.54, 1.807) is 10.7 Å². The van der Waals surface area contributed by atoms with Crippen molar-refractivity contribution < 1.29 is 18.3 Å². The van der Waals surface area contributed by atoms with Gasteiger partial charge in [0.15, 0.2) is 9.84 Å². The van der Waals surface area contributed by atoms with Gasteiger partial charge in [-0.25, -0.2) is 13.2 Å². The highest BCUT2D eigenvalue weighted by Crippen LogP contribution is 2.18. The molecule has 1 heterocycles. The van der Waals surface area contributed by atoms with Crippen LogP contribution in [0.15, 0.2) is 35.2 Å². The summed E-state index contributed by atoms with van der Waals surface area (Å²) >= 11 is 0. The van der Waals surface area contributed by atoms with Gasteiger partial charge < -0.3 is 5.11 Å². The Morgan fingerprint density at radius 2 is 1.90 bits per heavy atom. The van der Waals surface area contributed by atoms with E-state index in [9.17, 15) is 13.2 Å². The number of hydrogen-bond acceptors (Lipinski definition) is 4. The molecule has 2 rings (SSSR count). The lowest BCUT2D eigenvalue weighted by atomic mass is 10.2. The van der Waals surface area contributed by atoms with Crippen LogP contribution in [0.3, 0.4) is 0 Å². The Morgan fingerprint density at radius 1 is 1.29 bits per heavy atom. The summed E-state index contributed by atoms with van der Waals surface area (Å²) < 4.78 is 26.4. The first-order chi connectivity index (χ1) is 9.83. The summed E-state index contributed by atoms with van der Waals surface area (Å²) in [7, 11) is -3.53. The van der Waals surface area contributed by atoms with E-state index in [0.29, 0.717) is 12.2 Å².